The molecule has 0 amide bonds. The molecule has 1 aliphatic rings. The van der Waals surface area contributed by atoms with Gasteiger partial charge in [-0.1, -0.05) is 11.6 Å². The van der Waals surface area contributed by atoms with Gasteiger partial charge in [0.1, 0.15) is 5.75 Å². The van der Waals surface area contributed by atoms with Crippen LogP contribution in [-0.4, -0.2) is 34.7 Å². The van der Waals surface area contributed by atoms with Crippen molar-refractivity contribution in [3.63, 3.8) is 0 Å². The lowest BCUT2D eigenvalue weighted by molar-refractivity contribution is 0.337. The van der Waals surface area contributed by atoms with Gasteiger partial charge < -0.3 is 10.1 Å². The van der Waals surface area contributed by atoms with Crippen LogP contribution in [0.25, 0.3) is 0 Å². The fourth-order valence-corrected chi connectivity index (χ4v) is 3.33. The first-order valence-corrected chi connectivity index (χ1v) is 8.63. The zero-order valence-corrected chi connectivity index (χ0v) is 13.3. The van der Waals surface area contributed by atoms with Crippen LogP contribution in [0, 0.1) is 6.92 Å². The molecule has 0 fully saturated rings. The van der Waals surface area contributed by atoms with E-state index < -0.39 is 10.0 Å². The zero-order chi connectivity index (χ0) is 15.3. The van der Waals surface area contributed by atoms with Crippen molar-refractivity contribution in [2.75, 3.05) is 26.2 Å². The summed E-state index contributed by atoms with van der Waals surface area (Å²) in [5.74, 6) is 0.720. The summed E-state index contributed by atoms with van der Waals surface area (Å²) in [7, 11) is -3.48. The number of benzene rings is 1. The highest BCUT2D eigenvalue weighted by Gasteiger charge is 2.16. The number of ether oxygens (including phenoxy) is 1. The Labute approximate surface area is 126 Å². The molecule has 0 spiro atoms. The predicted octanol–water partition coefficient (Wildman–Crippen LogP) is 1.59. The SMILES string of the molecule is CCOc1ccc(S(=O)(=O)NCC2=CCNCC2)cc1C. The summed E-state index contributed by atoms with van der Waals surface area (Å²) in [4.78, 5) is 0.276. The van der Waals surface area contributed by atoms with Crippen molar-refractivity contribution in [3.05, 3.63) is 35.4 Å². The van der Waals surface area contributed by atoms with Gasteiger partial charge in [0.25, 0.3) is 0 Å². The number of sulfonamides is 1. The lowest BCUT2D eigenvalue weighted by Crippen LogP contribution is -2.29. The maximum Gasteiger partial charge on any atom is 0.240 e. The fraction of sp³-hybridized carbons (Fsp3) is 0.467. The van der Waals surface area contributed by atoms with E-state index >= 15 is 0 Å². The van der Waals surface area contributed by atoms with E-state index in [0.29, 0.717) is 13.2 Å². The molecule has 0 saturated heterocycles. The average molecular weight is 310 g/mol. The smallest absolute Gasteiger partial charge is 0.240 e. The van der Waals surface area contributed by atoms with E-state index in [-0.39, 0.29) is 4.90 Å². The number of rotatable bonds is 6. The molecule has 0 bridgehead atoms. The normalized spacial score (nSPS) is 15.6. The van der Waals surface area contributed by atoms with Gasteiger partial charge in [0.05, 0.1) is 11.5 Å². The maximum atomic E-state index is 12.3. The van der Waals surface area contributed by atoms with Crippen molar-refractivity contribution >= 4 is 10.0 Å². The average Bonchev–Trinajstić information content (AvgIpc) is 2.48. The molecule has 21 heavy (non-hydrogen) atoms. The van der Waals surface area contributed by atoms with Gasteiger partial charge in [0.2, 0.25) is 10.0 Å². The topological polar surface area (TPSA) is 67.4 Å². The van der Waals surface area contributed by atoms with E-state index in [9.17, 15) is 8.42 Å². The Morgan fingerprint density at radius 2 is 2.19 bits per heavy atom. The Morgan fingerprint density at radius 1 is 1.38 bits per heavy atom. The first-order valence-electron chi connectivity index (χ1n) is 7.14. The summed E-state index contributed by atoms with van der Waals surface area (Å²) in [5, 5.41) is 3.20. The second kappa shape index (κ2) is 7.06. The van der Waals surface area contributed by atoms with E-state index in [2.05, 4.69) is 10.0 Å². The van der Waals surface area contributed by atoms with Crippen molar-refractivity contribution in [1.82, 2.24) is 10.0 Å². The standard InChI is InChI=1S/C15H22N2O3S/c1-3-20-15-5-4-14(10-12(15)2)21(18,19)17-11-13-6-8-16-9-7-13/h4-6,10,16-17H,3,7-9,11H2,1-2H3. The minimum atomic E-state index is -3.48. The molecule has 0 aliphatic carbocycles. The van der Waals surface area contributed by atoms with E-state index in [0.717, 1.165) is 36.4 Å². The lowest BCUT2D eigenvalue weighted by atomic mass is 10.1. The molecule has 0 aromatic heterocycles. The predicted molar refractivity (Wildman–Crippen MR) is 83.1 cm³/mol. The molecule has 6 heteroatoms. The van der Waals surface area contributed by atoms with E-state index in [1.807, 2.05) is 19.9 Å². The highest BCUT2D eigenvalue weighted by molar-refractivity contribution is 7.89. The summed E-state index contributed by atoms with van der Waals surface area (Å²) >= 11 is 0. The van der Waals surface area contributed by atoms with Gasteiger partial charge in [0, 0.05) is 13.1 Å². The summed E-state index contributed by atoms with van der Waals surface area (Å²) in [6.07, 6.45) is 2.92. The lowest BCUT2D eigenvalue weighted by Gasteiger charge is -2.15. The molecule has 0 saturated carbocycles. The molecule has 1 heterocycles. The molecule has 2 N–H and O–H groups in total. The fourth-order valence-electron chi connectivity index (χ4n) is 2.21. The molecular formula is C15H22N2O3S. The second-order valence-corrected chi connectivity index (χ2v) is 6.77. The maximum absolute atomic E-state index is 12.3. The third-order valence-electron chi connectivity index (χ3n) is 3.40. The number of nitrogens with one attached hydrogen (secondary N) is 2. The molecular weight excluding hydrogens is 288 g/mol. The van der Waals surface area contributed by atoms with Gasteiger partial charge in [-0.25, -0.2) is 13.1 Å². The van der Waals surface area contributed by atoms with Crippen molar-refractivity contribution in [3.8, 4) is 5.75 Å². The van der Waals surface area contributed by atoms with Gasteiger partial charge in [-0.2, -0.15) is 0 Å². The van der Waals surface area contributed by atoms with Crippen LogP contribution in [0.15, 0.2) is 34.7 Å². The monoisotopic (exact) mass is 310 g/mol. The van der Waals surface area contributed by atoms with E-state index in [1.165, 1.54) is 0 Å². The summed E-state index contributed by atoms with van der Waals surface area (Å²) in [6, 6.07) is 4.93. The minimum absolute atomic E-state index is 0.276. The van der Waals surface area contributed by atoms with Crippen LogP contribution in [0.1, 0.15) is 18.9 Å². The molecule has 5 nitrogen and oxygen atoms in total. The quantitative estimate of drug-likeness (QED) is 0.783. The van der Waals surface area contributed by atoms with Crippen molar-refractivity contribution in [2.45, 2.75) is 25.2 Å². The Kier molecular flexibility index (Phi) is 5.39. The molecule has 0 radical (unpaired) electrons. The number of hydrogen-bond donors (Lipinski definition) is 2. The third kappa shape index (κ3) is 4.30. The molecule has 0 atom stereocenters. The van der Waals surface area contributed by atoms with Crippen molar-refractivity contribution < 1.29 is 13.2 Å². The van der Waals surface area contributed by atoms with E-state index in [1.54, 1.807) is 18.2 Å². The van der Waals surface area contributed by atoms with E-state index in [4.69, 9.17) is 4.74 Å². The summed E-state index contributed by atoms with van der Waals surface area (Å²) in [6.45, 7) is 6.39. The van der Waals surface area contributed by atoms with Crippen LogP contribution in [-0.2, 0) is 10.0 Å². The molecule has 1 aromatic rings. The highest BCUT2D eigenvalue weighted by atomic mass is 32.2. The van der Waals surface area contributed by atoms with Gasteiger partial charge >= 0.3 is 0 Å². The number of hydrogen-bond acceptors (Lipinski definition) is 4. The molecule has 1 aromatic carbocycles. The third-order valence-corrected chi connectivity index (χ3v) is 4.80. The minimum Gasteiger partial charge on any atom is -0.494 e. The summed E-state index contributed by atoms with van der Waals surface area (Å²) < 4.78 is 32.7. The van der Waals surface area contributed by atoms with Gasteiger partial charge in [-0.05, 0) is 50.6 Å². The van der Waals surface area contributed by atoms with Gasteiger partial charge in [-0.15, -0.1) is 0 Å². The molecule has 0 unspecified atom stereocenters. The highest BCUT2D eigenvalue weighted by Crippen LogP contribution is 2.21. The first kappa shape index (κ1) is 16.0. The zero-order valence-electron chi connectivity index (χ0n) is 12.5. The first-order chi connectivity index (χ1) is 10.0. The van der Waals surface area contributed by atoms with Crippen LogP contribution in [0.5, 0.6) is 5.75 Å². The van der Waals surface area contributed by atoms with Gasteiger partial charge in [0.15, 0.2) is 0 Å². The summed E-state index contributed by atoms with van der Waals surface area (Å²) in [5.41, 5.74) is 1.95. The van der Waals surface area contributed by atoms with Crippen LogP contribution >= 0.6 is 0 Å². The van der Waals surface area contributed by atoms with Gasteiger partial charge in [-0.3, -0.25) is 0 Å². The van der Waals surface area contributed by atoms with Crippen LogP contribution in [0.2, 0.25) is 0 Å². The Hall–Kier alpha value is -1.37. The van der Waals surface area contributed by atoms with Crippen molar-refractivity contribution in [1.29, 1.82) is 0 Å². The second-order valence-electron chi connectivity index (χ2n) is 5.00. The van der Waals surface area contributed by atoms with Crippen LogP contribution < -0.4 is 14.8 Å². The van der Waals surface area contributed by atoms with Crippen LogP contribution in [0.4, 0.5) is 0 Å². The van der Waals surface area contributed by atoms with Crippen molar-refractivity contribution in [2.24, 2.45) is 0 Å². The molecule has 116 valence electrons. The van der Waals surface area contributed by atoms with Crippen LogP contribution in [0.3, 0.4) is 0 Å². The molecule has 1 aliphatic heterocycles. The molecule has 2 rings (SSSR count). The Balaban J connectivity index is 2.08. The Bertz CT molecular complexity index is 624. The number of aryl methyl sites for hydroxylation is 1. The largest absolute Gasteiger partial charge is 0.494 e. The Morgan fingerprint density at radius 3 is 2.81 bits per heavy atom.